The highest BCUT2D eigenvalue weighted by Crippen LogP contribution is 2.15. The normalized spacial score (nSPS) is 15.9. The first kappa shape index (κ1) is 22.7. The molecule has 0 radical (unpaired) electrons. The zero-order valence-corrected chi connectivity index (χ0v) is 18.1. The Hall–Kier alpha value is -1.39. The maximum atomic E-state index is 11.3. The summed E-state index contributed by atoms with van der Waals surface area (Å²) in [6, 6.07) is 7.28. The smallest absolute Gasteiger partial charge is 0.248 e. The summed E-state index contributed by atoms with van der Waals surface area (Å²) < 4.78 is 5.42. The second-order valence-corrected chi connectivity index (χ2v) is 6.76. The van der Waals surface area contributed by atoms with Crippen LogP contribution in [0, 0.1) is 0 Å². The van der Waals surface area contributed by atoms with E-state index in [1.54, 1.807) is 19.2 Å². The van der Waals surface area contributed by atoms with Crippen molar-refractivity contribution in [3.8, 4) is 0 Å². The molecule has 8 heteroatoms. The van der Waals surface area contributed by atoms with Gasteiger partial charge in [-0.3, -0.25) is 14.7 Å². The van der Waals surface area contributed by atoms with Crippen LogP contribution in [0.3, 0.4) is 0 Å². The second kappa shape index (κ2) is 10.7. The average molecular weight is 475 g/mol. The van der Waals surface area contributed by atoms with Gasteiger partial charge in [0.1, 0.15) is 0 Å². The number of aliphatic imine (C=N–C) groups is 1. The topological polar surface area (TPSA) is 92.0 Å². The van der Waals surface area contributed by atoms with Crippen LogP contribution in [0.5, 0.6) is 0 Å². The number of nitrogens with zero attached hydrogens (tertiary/aromatic N) is 2. The second-order valence-electron chi connectivity index (χ2n) is 6.76. The van der Waals surface area contributed by atoms with Crippen LogP contribution in [0.1, 0.15) is 29.8 Å². The molecule has 0 saturated carbocycles. The van der Waals surface area contributed by atoms with Crippen molar-refractivity contribution in [2.24, 2.45) is 10.7 Å². The zero-order valence-electron chi connectivity index (χ0n) is 15.7. The number of primary amides is 1. The van der Waals surface area contributed by atoms with Gasteiger partial charge in [-0.1, -0.05) is 12.1 Å². The number of carbonyl (C=O) groups excluding carboxylic acids is 1. The fourth-order valence-electron chi connectivity index (χ4n) is 2.82. The Bertz CT molecular complexity index is 615. The summed E-state index contributed by atoms with van der Waals surface area (Å²) in [7, 11) is 1.75. The number of rotatable bonds is 6. The Kier molecular flexibility index (Phi) is 9.31. The van der Waals surface area contributed by atoms with Gasteiger partial charge in [0, 0.05) is 44.3 Å². The molecule has 0 atom stereocenters. The third-order valence-electron chi connectivity index (χ3n) is 4.45. The molecule has 4 N–H and O–H groups in total. The summed E-state index contributed by atoms with van der Waals surface area (Å²) >= 11 is 0. The van der Waals surface area contributed by atoms with E-state index in [1.807, 2.05) is 12.1 Å². The lowest BCUT2D eigenvalue weighted by Gasteiger charge is -2.41. The van der Waals surface area contributed by atoms with Crippen LogP contribution >= 0.6 is 24.0 Å². The summed E-state index contributed by atoms with van der Waals surface area (Å²) in [5, 5.41) is 6.65. The summed E-state index contributed by atoms with van der Waals surface area (Å²) in [5.74, 6) is 0.308. The van der Waals surface area contributed by atoms with E-state index in [1.165, 1.54) is 0 Å². The SMILES string of the molecule is CN=C(NCc1cccc(C(N)=O)c1)NCC(C)(C)N1CCOCC1.I. The Labute approximate surface area is 172 Å². The number of hydrogen-bond acceptors (Lipinski definition) is 4. The third-order valence-corrected chi connectivity index (χ3v) is 4.45. The molecule has 7 nitrogen and oxygen atoms in total. The highest BCUT2D eigenvalue weighted by molar-refractivity contribution is 14.0. The minimum absolute atomic E-state index is 0. The number of guanidine groups is 1. The molecule has 0 spiro atoms. The van der Waals surface area contributed by atoms with Gasteiger partial charge in [0.2, 0.25) is 5.91 Å². The lowest BCUT2D eigenvalue weighted by molar-refractivity contribution is -0.00834. The number of halogens is 1. The van der Waals surface area contributed by atoms with Crippen molar-refractivity contribution in [3.63, 3.8) is 0 Å². The van der Waals surface area contributed by atoms with Crippen molar-refractivity contribution < 1.29 is 9.53 Å². The van der Waals surface area contributed by atoms with Crippen molar-refractivity contribution in [1.29, 1.82) is 0 Å². The molecule has 26 heavy (non-hydrogen) atoms. The zero-order chi connectivity index (χ0) is 18.3. The number of morpholine rings is 1. The van der Waals surface area contributed by atoms with E-state index in [2.05, 4.69) is 34.4 Å². The van der Waals surface area contributed by atoms with Gasteiger partial charge in [-0.2, -0.15) is 0 Å². The minimum Gasteiger partial charge on any atom is -0.379 e. The molecule has 1 aliphatic rings. The quantitative estimate of drug-likeness (QED) is 0.327. The van der Waals surface area contributed by atoms with E-state index < -0.39 is 5.91 Å². The summed E-state index contributed by atoms with van der Waals surface area (Å²) in [6.45, 7) is 9.23. The highest BCUT2D eigenvalue weighted by atomic mass is 127. The number of amides is 1. The van der Waals surface area contributed by atoms with E-state index in [-0.39, 0.29) is 29.5 Å². The maximum Gasteiger partial charge on any atom is 0.248 e. The Balaban J connectivity index is 0.00000338. The molecular weight excluding hydrogens is 445 g/mol. The molecule has 1 saturated heterocycles. The number of benzene rings is 1. The first-order valence-electron chi connectivity index (χ1n) is 8.58. The Morgan fingerprint density at radius 3 is 2.62 bits per heavy atom. The third kappa shape index (κ3) is 6.73. The molecule has 2 rings (SSSR count). The number of carbonyl (C=O) groups is 1. The molecule has 146 valence electrons. The predicted octanol–water partition coefficient (Wildman–Crippen LogP) is 1.18. The molecule has 0 aliphatic carbocycles. The molecule has 0 bridgehead atoms. The lowest BCUT2D eigenvalue weighted by atomic mass is 10.0. The van der Waals surface area contributed by atoms with Gasteiger partial charge in [0.15, 0.2) is 5.96 Å². The van der Waals surface area contributed by atoms with Crippen LogP contribution in [-0.4, -0.2) is 62.2 Å². The van der Waals surface area contributed by atoms with E-state index in [9.17, 15) is 4.79 Å². The number of nitrogens with two attached hydrogens (primary N) is 1. The number of hydrogen-bond donors (Lipinski definition) is 3. The fraction of sp³-hybridized carbons (Fsp3) is 0.556. The van der Waals surface area contributed by atoms with Gasteiger partial charge < -0.3 is 21.1 Å². The molecule has 1 amide bonds. The molecular formula is C18H30IN5O2. The maximum absolute atomic E-state index is 11.3. The average Bonchev–Trinajstić information content (AvgIpc) is 2.63. The van der Waals surface area contributed by atoms with Gasteiger partial charge in [-0.15, -0.1) is 24.0 Å². The van der Waals surface area contributed by atoms with Crippen molar-refractivity contribution in [2.75, 3.05) is 39.9 Å². The minimum atomic E-state index is -0.420. The van der Waals surface area contributed by atoms with Crippen LogP contribution in [0.4, 0.5) is 0 Å². The predicted molar refractivity (Wildman–Crippen MR) is 115 cm³/mol. The molecule has 1 heterocycles. The molecule has 0 unspecified atom stereocenters. The van der Waals surface area contributed by atoms with Gasteiger partial charge in [0.25, 0.3) is 0 Å². The summed E-state index contributed by atoms with van der Waals surface area (Å²) in [4.78, 5) is 18.0. The fourth-order valence-corrected chi connectivity index (χ4v) is 2.82. The van der Waals surface area contributed by atoms with Crippen LogP contribution in [0.2, 0.25) is 0 Å². The van der Waals surface area contributed by atoms with Gasteiger partial charge >= 0.3 is 0 Å². The van der Waals surface area contributed by atoms with E-state index in [0.29, 0.717) is 12.1 Å². The lowest BCUT2D eigenvalue weighted by Crippen LogP contribution is -2.56. The van der Waals surface area contributed by atoms with Gasteiger partial charge in [0.05, 0.1) is 13.2 Å². The van der Waals surface area contributed by atoms with E-state index in [0.717, 1.165) is 44.4 Å². The standard InChI is InChI=1S/C18H29N5O2.HI/c1-18(2,23-7-9-25-10-8-23)13-22-17(20-3)21-12-14-5-4-6-15(11-14)16(19)24;/h4-6,11H,7-10,12-13H2,1-3H3,(H2,19,24)(H2,20,21,22);1H. The Morgan fingerprint density at radius 2 is 2.00 bits per heavy atom. The monoisotopic (exact) mass is 475 g/mol. The van der Waals surface area contributed by atoms with Gasteiger partial charge in [-0.25, -0.2) is 0 Å². The van der Waals surface area contributed by atoms with Crippen molar-refractivity contribution in [2.45, 2.75) is 25.9 Å². The van der Waals surface area contributed by atoms with Gasteiger partial charge in [-0.05, 0) is 31.5 Å². The first-order valence-corrected chi connectivity index (χ1v) is 8.58. The number of nitrogens with one attached hydrogen (secondary N) is 2. The summed E-state index contributed by atoms with van der Waals surface area (Å²) in [5.41, 5.74) is 6.82. The molecule has 0 aromatic heterocycles. The number of ether oxygens (including phenoxy) is 1. The first-order chi connectivity index (χ1) is 11.9. The summed E-state index contributed by atoms with van der Waals surface area (Å²) in [6.07, 6.45) is 0. The van der Waals surface area contributed by atoms with Crippen molar-refractivity contribution in [3.05, 3.63) is 35.4 Å². The molecule has 1 fully saturated rings. The van der Waals surface area contributed by atoms with Crippen molar-refractivity contribution in [1.82, 2.24) is 15.5 Å². The van der Waals surface area contributed by atoms with Crippen LogP contribution in [-0.2, 0) is 11.3 Å². The molecule has 1 aliphatic heterocycles. The van der Waals surface area contributed by atoms with Crippen LogP contribution in [0.15, 0.2) is 29.3 Å². The van der Waals surface area contributed by atoms with E-state index >= 15 is 0 Å². The van der Waals surface area contributed by atoms with Crippen LogP contribution in [0.25, 0.3) is 0 Å². The highest BCUT2D eigenvalue weighted by Gasteiger charge is 2.28. The Morgan fingerprint density at radius 1 is 1.31 bits per heavy atom. The van der Waals surface area contributed by atoms with E-state index in [4.69, 9.17) is 10.5 Å². The largest absolute Gasteiger partial charge is 0.379 e. The van der Waals surface area contributed by atoms with Crippen molar-refractivity contribution >= 4 is 35.8 Å². The molecule has 1 aromatic rings. The van der Waals surface area contributed by atoms with Crippen LogP contribution < -0.4 is 16.4 Å². The molecule has 1 aromatic carbocycles.